The number of furan rings is 1. The van der Waals surface area contributed by atoms with Gasteiger partial charge >= 0.3 is 0 Å². The van der Waals surface area contributed by atoms with Gasteiger partial charge in [-0.15, -0.1) is 0 Å². The number of para-hydroxylation sites is 8. The molecule has 5 aromatic heterocycles. The molecular formula is C44H26N6O. The molecule has 0 unspecified atom stereocenters. The Morgan fingerprint density at radius 3 is 1.55 bits per heavy atom. The van der Waals surface area contributed by atoms with Crippen molar-refractivity contribution in [3.63, 3.8) is 0 Å². The van der Waals surface area contributed by atoms with Crippen LogP contribution in [0.25, 0.3) is 99.8 Å². The topological polar surface area (TPSA) is 57.6 Å². The first kappa shape index (κ1) is 26.8. The van der Waals surface area contributed by atoms with E-state index in [2.05, 4.69) is 151 Å². The predicted molar refractivity (Wildman–Crippen MR) is 206 cm³/mol. The van der Waals surface area contributed by atoms with Crippen molar-refractivity contribution in [2.45, 2.75) is 0 Å². The van der Waals surface area contributed by atoms with E-state index < -0.39 is 0 Å². The lowest BCUT2D eigenvalue weighted by Crippen LogP contribution is -2.02. The Morgan fingerprint density at radius 1 is 0.353 bits per heavy atom. The summed E-state index contributed by atoms with van der Waals surface area (Å²) in [5.74, 6) is 1.58. The lowest BCUT2D eigenvalue weighted by atomic mass is 10.1. The van der Waals surface area contributed by atoms with E-state index in [-0.39, 0.29) is 0 Å². The minimum atomic E-state index is 0.790. The summed E-state index contributed by atoms with van der Waals surface area (Å²) in [6.45, 7) is 0. The van der Waals surface area contributed by atoms with E-state index in [1.54, 1.807) is 0 Å². The molecule has 51 heavy (non-hydrogen) atoms. The van der Waals surface area contributed by atoms with Crippen LogP contribution >= 0.6 is 0 Å². The van der Waals surface area contributed by atoms with Crippen molar-refractivity contribution in [3.8, 4) is 11.4 Å². The van der Waals surface area contributed by atoms with Gasteiger partial charge in [-0.1, -0.05) is 72.8 Å². The van der Waals surface area contributed by atoms with Crippen LogP contribution in [0, 0.1) is 0 Å². The van der Waals surface area contributed by atoms with Crippen molar-refractivity contribution in [1.29, 1.82) is 0 Å². The van der Waals surface area contributed by atoms with Crippen LogP contribution in [0.4, 0.5) is 0 Å². The van der Waals surface area contributed by atoms with Gasteiger partial charge in [-0.25, -0.2) is 14.5 Å². The Kier molecular flexibility index (Phi) is 5.12. The second-order valence-electron chi connectivity index (χ2n) is 13.1. The standard InChI is InChI=1S/C44H26N6O/c1-5-15-35-29(11-1)31-25-28(21-23-36(31)47(35)27-22-24-42-32(26-27)30-12-2-10-20-41(30)51-42)48-43-45-33-13-3-6-16-37(33)49(43)39-18-8-9-19-40(39)50-38-17-7-4-14-34(38)46-44(48)50/h1-26H. The summed E-state index contributed by atoms with van der Waals surface area (Å²) >= 11 is 0. The molecule has 0 atom stereocenters. The number of fused-ring (bicyclic) bond motifs is 15. The van der Waals surface area contributed by atoms with E-state index in [4.69, 9.17) is 14.4 Å². The van der Waals surface area contributed by atoms with E-state index >= 15 is 0 Å². The highest BCUT2D eigenvalue weighted by Crippen LogP contribution is 2.37. The normalized spacial score (nSPS) is 12.3. The quantitative estimate of drug-likeness (QED) is 0.186. The number of rotatable bonds is 2. The summed E-state index contributed by atoms with van der Waals surface area (Å²) in [6.07, 6.45) is 0. The summed E-state index contributed by atoms with van der Waals surface area (Å²) in [5.41, 5.74) is 12.1. The largest absolute Gasteiger partial charge is 0.456 e. The average Bonchev–Trinajstić information content (AvgIpc) is 3.92. The first-order chi connectivity index (χ1) is 25.3. The van der Waals surface area contributed by atoms with Crippen molar-refractivity contribution >= 4 is 88.4 Å². The SMILES string of the molecule is c1ccc2c(c1)nc1n(-c3ccc4c(c3)c3ccccc3n4-c3ccc4oc5ccccc5c4c3)c3nc4ccccc4n3c3ccccc3n21. The number of benzene rings is 7. The van der Waals surface area contributed by atoms with Gasteiger partial charge in [0.1, 0.15) is 11.2 Å². The van der Waals surface area contributed by atoms with E-state index in [9.17, 15) is 0 Å². The van der Waals surface area contributed by atoms with E-state index in [0.29, 0.717) is 0 Å². The third kappa shape index (κ3) is 3.56. The summed E-state index contributed by atoms with van der Waals surface area (Å²) in [5, 5.41) is 4.54. The summed E-state index contributed by atoms with van der Waals surface area (Å²) in [6, 6.07) is 55.3. The molecule has 0 saturated heterocycles. The van der Waals surface area contributed by atoms with Gasteiger partial charge in [-0.3, -0.25) is 8.80 Å². The van der Waals surface area contributed by atoms with Crippen molar-refractivity contribution in [3.05, 3.63) is 158 Å². The lowest BCUT2D eigenvalue weighted by molar-refractivity contribution is 0.669. The molecule has 0 N–H and O–H groups in total. The van der Waals surface area contributed by atoms with Gasteiger partial charge in [0, 0.05) is 27.2 Å². The van der Waals surface area contributed by atoms with Crippen LogP contribution in [0.5, 0.6) is 0 Å². The zero-order valence-electron chi connectivity index (χ0n) is 27.1. The zero-order valence-corrected chi connectivity index (χ0v) is 27.1. The monoisotopic (exact) mass is 654 g/mol. The van der Waals surface area contributed by atoms with Crippen LogP contribution in [-0.2, 0) is 0 Å². The second kappa shape index (κ2) is 9.74. The molecule has 0 saturated carbocycles. The molecule has 0 bridgehead atoms. The summed E-state index contributed by atoms with van der Waals surface area (Å²) < 4.78 is 15.3. The highest BCUT2D eigenvalue weighted by molar-refractivity contribution is 6.11. The minimum absolute atomic E-state index is 0.790. The number of hydrogen-bond donors (Lipinski definition) is 0. The fraction of sp³-hybridized carbons (Fsp3) is 0. The van der Waals surface area contributed by atoms with Crippen LogP contribution < -0.4 is 0 Å². The van der Waals surface area contributed by atoms with Gasteiger partial charge in [0.15, 0.2) is 0 Å². The molecule has 0 spiro atoms. The maximum Gasteiger partial charge on any atom is 0.223 e. The fourth-order valence-electron chi connectivity index (χ4n) is 8.20. The van der Waals surface area contributed by atoms with Crippen LogP contribution in [0.3, 0.4) is 0 Å². The molecule has 238 valence electrons. The number of aromatic nitrogens is 6. The molecule has 5 heterocycles. The van der Waals surface area contributed by atoms with Crippen LogP contribution in [0.2, 0.25) is 0 Å². The Morgan fingerprint density at radius 2 is 0.843 bits per heavy atom. The van der Waals surface area contributed by atoms with Crippen molar-refractivity contribution in [2.75, 3.05) is 0 Å². The third-order valence-corrected chi connectivity index (χ3v) is 10.4. The molecule has 0 aliphatic rings. The Bertz CT molecular complexity index is 3330. The third-order valence-electron chi connectivity index (χ3n) is 10.4. The Balaban J connectivity index is 1.22. The maximum absolute atomic E-state index is 6.19. The molecule has 0 fully saturated rings. The number of imidazole rings is 2. The predicted octanol–water partition coefficient (Wildman–Crippen LogP) is 10.8. The van der Waals surface area contributed by atoms with E-state index in [1.165, 1.54) is 5.39 Å². The van der Waals surface area contributed by atoms with Crippen molar-refractivity contribution in [1.82, 2.24) is 27.9 Å². The van der Waals surface area contributed by atoms with E-state index in [0.717, 1.165) is 94.4 Å². The molecule has 7 nitrogen and oxygen atoms in total. The van der Waals surface area contributed by atoms with Gasteiger partial charge in [0.25, 0.3) is 0 Å². The van der Waals surface area contributed by atoms with Crippen LogP contribution in [0.15, 0.2) is 162 Å². The van der Waals surface area contributed by atoms with E-state index in [1.807, 2.05) is 24.3 Å². The molecule has 12 aromatic rings. The van der Waals surface area contributed by atoms with Gasteiger partial charge in [-0.2, -0.15) is 0 Å². The highest BCUT2D eigenvalue weighted by Gasteiger charge is 2.20. The number of nitrogens with zero attached hydrogens (tertiary/aromatic N) is 6. The molecule has 12 rings (SSSR count). The first-order valence-electron chi connectivity index (χ1n) is 17.1. The van der Waals surface area contributed by atoms with Crippen LogP contribution in [-0.4, -0.2) is 27.9 Å². The maximum atomic E-state index is 6.19. The van der Waals surface area contributed by atoms with Crippen molar-refractivity contribution in [2.24, 2.45) is 0 Å². The van der Waals surface area contributed by atoms with Gasteiger partial charge < -0.3 is 8.98 Å². The summed E-state index contributed by atoms with van der Waals surface area (Å²) in [7, 11) is 0. The molecular weight excluding hydrogens is 629 g/mol. The Hall–Kier alpha value is -7.12. The average molecular weight is 655 g/mol. The van der Waals surface area contributed by atoms with Gasteiger partial charge in [0.05, 0.1) is 49.8 Å². The Labute approximate surface area is 289 Å². The molecule has 0 radical (unpaired) electrons. The molecule has 7 heteroatoms. The van der Waals surface area contributed by atoms with Crippen LogP contribution in [0.1, 0.15) is 0 Å². The highest BCUT2D eigenvalue weighted by atomic mass is 16.3. The van der Waals surface area contributed by atoms with Gasteiger partial charge in [-0.05, 0) is 84.9 Å². The number of hydrogen-bond acceptors (Lipinski definition) is 3. The molecule has 7 aromatic carbocycles. The second-order valence-corrected chi connectivity index (χ2v) is 13.1. The molecule has 0 amide bonds. The molecule has 0 aliphatic carbocycles. The molecule has 0 aliphatic heterocycles. The van der Waals surface area contributed by atoms with Crippen molar-refractivity contribution < 1.29 is 4.42 Å². The smallest absolute Gasteiger partial charge is 0.223 e. The summed E-state index contributed by atoms with van der Waals surface area (Å²) in [4.78, 5) is 10.6. The fourth-order valence-corrected chi connectivity index (χ4v) is 8.20. The lowest BCUT2D eigenvalue weighted by Gasteiger charge is -2.10. The zero-order chi connectivity index (χ0) is 33.2. The van der Waals surface area contributed by atoms with Gasteiger partial charge in [0.2, 0.25) is 11.6 Å². The minimum Gasteiger partial charge on any atom is -0.456 e. The first-order valence-corrected chi connectivity index (χ1v) is 17.1.